The predicted molar refractivity (Wildman–Crippen MR) is 63.6 cm³/mol. The summed E-state index contributed by atoms with van der Waals surface area (Å²) in [6.45, 7) is 2.03. The molecule has 0 fully saturated rings. The van der Waals surface area contributed by atoms with E-state index in [0.29, 0.717) is 5.69 Å². The van der Waals surface area contributed by atoms with Crippen molar-refractivity contribution in [2.24, 2.45) is 0 Å². The van der Waals surface area contributed by atoms with Crippen LogP contribution in [0.15, 0.2) is 29.6 Å². The number of aryl methyl sites for hydroxylation is 1. The highest BCUT2D eigenvalue weighted by Crippen LogP contribution is 2.24. The lowest BCUT2D eigenvalue weighted by Crippen LogP contribution is -2.00. The number of rotatable bonds is 2. The Morgan fingerprint density at radius 1 is 1.44 bits per heavy atom. The van der Waals surface area contributed by atoms with Crippen LogP contribution in [0, 0.1) is 6.92 Å². The molecule has 0 bridgehead atoms. The molecular formula is C12H11NO2S. The van der Waals surface area contributed by atoms with Crippen LogP contribution in [0.2, 0.25) is 0 Å². The molecule has 4 heteroatoms. The zero-order chi connectivity index (χ0) is 11.5. The van der Waals surface area contributed by atoms with Crippen LogP contribution in [0.1, 0.15) is 16.1 Å². The molecule has 2 rings (SSSR count). The van der Waals surface area contributed by atoms with Crippen LogP contribution in [-0.2, 0) is 4.74 Å². The summed E-state index contributed by atoms with van der Waals surface area (Å²) in [4.78, 5) is 15.5. The lowest BCUT2D eigenvalue weighted by molar-refractivity contribution is 0.0595. The first-order valence-electron chi connectivity index (χ1n) is 4.81. The molecule has 0 radical (unpaired) electrons. The number of nitrogens with zero attached hydrogens (tertiary/aromatic N) is 1. The molecule has 0 N–H and O–H groups in total. The Morgan fingerprint density at radius 2 is 2.25 bits per heavy atom. The topological polar surface area (TPSA) is 39.2 Å². The quantitative estimate of drug-likeness (QED) is 0.749. The largest absolute Gasteiger partial charge is 0.464 e. The lowest BCUT2D eigenvalue weighted by atomic mass is 10.1. The number of benzene rings is 1. The minimum atomic E-state index is -0.393. The highest BCUT2D eigenvalue weighted by molar-refractivity contribution is 7.13. The van der Waals surface area contributed by atoms with Crippen LogP contribution in [0.25, 0.3) is 10.6 Å². The third-order valence-electron chi connectivity index (χ3n) is 2.16. The standard InChI is InChI=1S/C12H11NO2S/c1-8-4-3-5-9(6-8)11-13-10(7-16-11)12(14)15-2/h3-7H,1-2H3. The molecule has 0 aliphatic rings. The van der Waals surface area contributed by atoms with Gasteiger partial charge in [-0.25, -0.2) is 9.78 Å². The van der Waals surface area contributed by atoms with Crippen molar-refractivity contribution in [2.45, 2.75) is 6.92 Å². The molecule has 0 unspecified atom stereocenters. The summed E-state index contributed by atoms with van der Waals surface area (Å²) in [5.74, 6) is -0.393. The van der Waals surface area contributed by atoms with Crippen molar-refractivity contribution in [3.8, 4) is 10.6 Å². The van der Waals surface area contributed by atoms with Crippen LogP contribution in [-0.4, -0.2) is 18.1 Å². The first-order chi connectivity index (χ1) is 7.70. The van der Waals surface area contributed by atoms with E-state index in [-0.39, 0.29) is 0 Å². The number of aromatic nitrogens is 1. The summed E-state index contributed by atoms with van der Waals surface area (Å²) in [6, 6.07) is 8.02. The zero-order valence-electron chi connectivity index (χ0n) is 9.06. The Kier molecular flexibility index (Phi) is 3.01. The Hall–Kier alpha value is -1.68. The van der Waals surface area contributed by atoms with Gasteiger partial charge in [0, 0.05) is 10.9 Å². The van der Waals surface area contributed by atoms with Crippen molar-refractivity contribution in [2.75, 3.05) is 7.11 Å². The second-order valence-corrected chi connectivity index (χ2v) is 4.26. The van der Waals surface area contributed by atoms with Gasteiger partial charge in [-0.05, 0) is 13.0 Å². The molecule has 0 spiro atoms. The lowest BCUT2D eigenvalue weighted by Gasteiger charge is -1.97. The van der Waals surface area contributed by atoms with Crippen LogP contribution in [0.4, 0.5) is 0 Å². The molecule has 1 heterocycles. The second-order valence-electron chi connectivity index (χ2n) is 3.40. The molecule has 0 saturated carbocycles. The first-order valence-corrected chi connectivity index (χ1v) is 5.69. The van der Waals surface area contributed by atoms with Gasteiger partial charge < -0.3 is 4.74 Å². The van der Waals surface area contributed by atoms with E-state index < -0.39 is 5.97 Å². The molecule has 82 valence electrons. The van der Waals surface area contributed by atoms with Crippen LogP contribution in [0.5, 0.6) is 0 Å². The van der Waals surface area contributed by atoms with Crippen molar-refractivity contribution in [3.05, 3.63) is 40.9 Å². The number of esters is 1. The number of methoxy groups -OCH3 is 1. The van der Waals surface area contributed by atoms with Crippen molar-refractivity contribution in [3.63, 3.8) is 0 Å². The molecule has 0 atom stereocenters. The Morgan fingerprint density at radius 3 is 2.94 bits per heavy atom. The Labute approximate surface area is 97.7 Å². The maximum absolute atomic E-state index is 11.2. The van der Waals surface area contributed by atoms with Gasteiger partial charge in [0.15, 0.2) is 5.69 Å². The number of carbonyl (C=O) groups excluding carboxylic acids is 1. The highest BCUT2D eigenvalue weighted by Gasteiger charge is 2.11. The van der Waals surface area contributed by atoms with Gasteiger partial charge in [0.1, 0.15) is 5.01 Å². The summed E-state index contributed by atoms with van der Waals surface area (Å²) in [7, 11) is 1.36. The average Bonchev–Trinajstić information content (AvgIpc) is 2.77. The van der Waals surface area contributed by atoms with Crippen LogP contribution >= 0.6 is 11.3 Å². The number of ether oxygens (including phenoxy) is 1. The van der Waals surface area contributed by atoms with Crippen molar-refractivity contribution < 1.29 is 9.53 Å². The predicted octanol–water partition coefficient (Wildman–Crippen LogP) is 2.91. The van der Waals surface area contributed by atoms with Crippen LogP contribution < -0.4 is 0 Å². The van der Waals surface area contributed by atoms with E-state index in [1.54, 1.807) is 5.38 Å². The van der Waals surface area contributed by atoms with E-state index in [0.717, 1.165) is 10.6 Å². The summed E-state index contributed by atoms with van der Waals surface area (Å²) < 4.78 is 4.61. The fourth-order valence-electron chi connectivity index (χ4n) is 1.38. The molecule has 0 saturated heterocycles. The van der Waals surface area contributed by atoms with Gasteiger partial charge in [-0.3, -0.25) is 0 Å². The smallest absolute Gasteiger partial charge is 0.357 e. The average molecular weight is 233 g/mol. The van der Waals surface area contributed by atoms with E-state index in [1.165, 1.54) is 24.0 Å². The monoisotopic (exact) mass is 233 g/mol. The third kappa shape index (κ3) is 2.12. The molecule has 16 heavy (non-hydrogen) atoms. The van der Waals surface area contributed by atoms with E-state index >= 15 is 0 Å². The summed E-state index contributed by atoms with van der Waals surface area (Å²) in [5.41, 5.74) is 2.57. The number of thiazole rings is 1. The number of carbonyl (C=O) groups is 1. The summed E-state index contributed by atoms with van der Waals surface area (Å²) in [5, 5.41) is 2.55. The van der Waals surface area contributed by atoms with Gasteiger partial charge >= 0.3 is 5.97 Å². The normalized spacial score (nSPS) is 10.1. The van der Waals surface area contributed by atoms with E-state index in [4.69, 9.17) is 0 Å². The molecule has 0 aliphatic heterocycles. The van der Waals surface area contributed by atoms with Crippen molar-refractivity contribution >= 4 is 17.3 Å². The SMILES string of the molecule is COC(=O)c1csc(-c2cccc(C)c2)n1. The minimum absolute atomic E-state index is 0.365. The minimum Gasteiger partial charge on any atom is -0.464 e. The van der Waals surface area contributed by atoms with Gasteiger partial charge in [0.05, 0.1) is 7.11 Å². The van der Waals surface area contributed by atoms with Gasteiger partial charge in [0.2, 0.25) is 0 Å². The fourth-order valence-corrected chi connectivity index (χ4v) is 2.17. The number of hydrogen-bond donors (Lipinski definition) is 0. The van der Waals surface area contributed by atoms with E-state index in [9.17, 15) is 4.79 Å². The zero-order valence-corrected chi connectivity index (χ0v) is 9.88. The van der Waals surface area contributed by atoms with Crippen molar-refractivity contribution in [1.29, 1.82) is 0 Å². The molecule has 0 amide bonds. The van der Waals surface area contributed by atoms with Gasteiger partial charge in [-0.15, -0.1) is 11.3 Å². The highest BCUT2D eigenvalue weighted by atomic mass is 32.1. The van der Waals surface area contributed by atoms with Crippen LogP contribution in [0.3, 0.4) is 0 Å². The second kappa shape index (κ2) is 4.45. The number of hydrogen-bond acceptors (Lipinski definition) is 4. The van der Waals surface area contributed by atoms with Crippen molar-refractivity contribution in [1.82, 2.24) is 4.98 Å². The van der Waals surface area contributed by atoms with Gasteiger partial charge in [-0.2, -0.15) is 0 Å². The van der Waals surface area contributed by atoms with Gasteiger partial charge in [-0.1, -0.05) is 23.8 Å². The Bertz CT molecular complexity index is 519. The van der Waals surface area contributed by atoms with E-state index in [2.05, 4.69) is 9.72 Å². The third-order valence-corrected chi connectivity index (χ3v) is 3.06. The Balaban J connectivity index is 2.35. The maximum atomic E-state index is 11.2. The first kappa shape index (κ1) is 10.8. The maximum Gasteiger partial charge on any atom is 0.357 e. The molecule has 2 aromatic rings. The summed E-state index contributed by atoms with van der Waals surface area (Å²) in [6.07, 6.45) is 0. The summed E-state index contributed by atoms with van der Waals surface area (Å²) >= 11 is 1.44. The molecule has 1 aromatic heterocycles. The van der Waals surface area contributed by atoms with E-state index in [1.807, 2.05) is 31.2 Å². The molecule has 1 aromatic carbocycles. The molecule has 3 nitrogen and oxygen atoms in total. The fraction of sp³-hybridized carbons (Fsp3) is 0.167. The molecule has 0 aliphatic carbocycles. The molecular weight excluding hydrogens is 222 g/mol. The van der Waals surface area contributed by atoms with Gasteiger partial charge in [0.25, 0.3) is 0 Å².